The van der Waals surface area contributed by atoms with Crippen molar-refractivity contribution < 1.29 is 9.53 Å². The van der Waals surface area contributed by atoms with Gasteiger partial charge in [-0.2, -0.15) is 0 Å². The van der Waals surface area contributed by atoms with Crippen molar-refractivity contribution in [1.29, 1.82) is 0 Å². The molecule has 1 aromatic heterocycles. The third kappa shape index (κ3) is 2.40. The average molecular weight is 282 g/mol. The van der Waals surface area contributed by atoms with E-state index in [-0.39, 0.29) is 18.1 Å². The first-order valence-electron chi connectivity index (χ1n) is 6.46. The molecule has 0 spiro atoms. The van der Waals surface area contributed by atoms with Crippen molar-refractivity contribution in [2.24, 2.45) is 0 Å². The molecular weight excluding hydrogens is 266 g/mol. The summed E-state index contributed by atoms with van der Waals surface area (Å²) in [7, 11) is 1.76. The molecule has 6 heteroatoms. The molecule has 2 atom stereocenters. The lowest BCUT2D eigenvalue weighted by Gasteiger charge is -2.32. The van der Waals surface area contributed by atoms with Crippen molar-refractivity contribution in [3.63, 3.8) is 0 Å². The number of nitrogens with zero attached hydrogens (tertiary/aromatic N) is 2. The highest BCUT2D eigenvalue weighted by molar-refractivity contribution is 6.33. The first-order valence-corrected chi connectivity index (χ1v) is 6.84. The number of hydrogen-bond acceptors (Lipinski definition) is 4. The number of carbonyl (C=O) groups excluding carboxylic acids is 1. The second kappa shape index (κ2) is 4.98. The second-order valence-electron chi connectivity index (χ2n) is 4.94. The summed E-state index contributed by atoms with van der Waals surface area (Å²) in [5.74, 6) is 0.534. The van der Waals surface area contributed by atoms with E-state index in [1.807, 2.05) is 0 Å². The molecule has 1 N–H and O–H groups in total. The highest BCUT2D eigenvalue weighted by Crippen LogP contribution is 2.28. The summed E-state index contributed by atoms with van der Waals surface area (Å²) in [4.78, 5) is 18.6. The van der Waals surface area contributed by atoms with Crippen molar-refractivity contribution >= 4 is 23.3 Å². The SMILES string of the molecule is CNc1ccc(Cl)c(C(=O)N2CC3CCC(C2)O3)n1. The van der Waals surface area contributed by atoms with Crippen LogP contribution in [0.15, 0.2) is 12.1 Å². The number of morpholine rings is 1. The van der Waals surface area contributed by atoms with Crippen molar-refractivity contribution in [1.82, 2.24) is 9.88 Å². The maximum atomic E-state index is 12.5. The number of hydrogen-bond donors (Lipinski definition) is 1. The zero-order chi connectivity index (χ0) is 13.4. The minimum atomic E-state index is -0.109. The number of pyridine rings is 1. The number of likely N-dealkylation sites (tertiary alicyclic amines) is 1. The van der Waals surface area contributed by atoms with Crippen molar-refractivity contribution in [3.05, 3.63) is 22.8 Å². The minimum absolute atomic E-state index is 0.109. The average Bonchev–Trinajstić information content (AvgIpc) is 2.77. The van der Waals surface area contributed by atoms with E-state index < -0.39 is 0 Å². The van der Waals surface area contributed by atoms with Gasteiger partial charge in [0.15, 0.2) is 0 Å². The van der Waals surface area contributed by atoms with E-state index in [1.54, 1.807) is 24.1 Å². The normalized spacial score (nSPS) is 25.5. The lowest BCUT2D eigenvalue weighted by atomic mass is 10.2. The van der Waals surface area contributed by atoms with Gasteiger partial charge in [-0.1, -0.05) is 11.6 Å². The van der Waals surface area contributed by atoms with E-state index in [0.717, 1.165) is 12.8 Å². The molecule has 2 unspecified atom stereocenters. The molecular formula is C13H16ClN3O2. The molecule has 0 radical (unpaired) electrons. The molecule has 0 aromatic carbocycles. The second-order valence-corrected chi connectivity index (χ2v) is 5.35. The Morgan fingerprint density at radius 1 is 1.42 bits per heavy atom. The summed E-state index contributed by atoms with van der Waals surface area (Å²) < 4.78 is 5.73. The zero-order valence-electron chi connectivity index (χ0n) is 10.7. The van der Waals surface area contributed by atoms with Crippen LogP contribution in [-0.4, -0.2) is 48.1 Å². The Morgan fingerprint density at radius 2 is 2.11 bits per heavy atom. The number of nitrogens with one attached hydrogen (secondary N) is 1. The molecule has 102 valence electrons. The smallest absolute Gasteiger partial charge is 0.274 e. The van der Waals surface area contributed by atoms with Gasteiger partial charge < -0.3 is 15.0 Å². The number of anilines is 1. The molecule has 5 nitrogen and oxygen atoms in total. The Labute approximate surface area is 116 Å². The van der Waals surface area contributed by atoms with Gasteiger partial charge in [-0.3, -0.25) is 4.79 Å². The van der Waals surface area contributed by atoms with E-state index in [4.69, 9.17) is 16.3 Å². The minimum Gasteiger partial charge on any atom is -0.373 e. The van der Waals surface area contributed by atoms with E-state index in [0.29, 0.717) is 29.6 Å². The molecule has 0 aliphatic carbocycles. The Kier molecular flexibility index (Phi) is 3.33. The largest absolute Gasteiger partial charge is 0.373 e. The van der Waals surface area contributed by atoms with Crippen LogP contribution in [0.2, 0.25) is 5.02 Å². The number of fused-ring (bicyclic) bond motifs is 2. The van der Waals surface area contributed by atoms with E-state index in [2.05, 4.69) is 10.3 Å². The molecule has 2 bridgehead atoms. The van der Waals surface area contributed by atoms with Crippen LogP contribution in [0.25, 0.3) is 0 Å². The fraction of sp³-hybridized carbons (Fsp3) is 0.538. The Balaban J connectivity index is 1.83. The van der Waals surface area contributed by atoms with E-state index >= 15 is 0 Å². The quantitative estimate of drug-likeness (QED) is 0.898. The van der Waals surface area contributed by atoms with E-state index in [1.165, 1.54) is 0 Å². The highest BCUT2D eigenvalue weighted by atomic mass is 35.5. The third-order valence-electron chi connectivity index (χ3n) is 3.64. The van der Waals surface area contributed by atoms with Crippen LogP contribution in [0, 0.1) is 0 Å². The zero-order valence-corrected chi connectivity index (χ0v) is 11.5. The Hall–Kier alpha value is -1.33. The molecule has 2 aliphatic rings. The van der Waals surface area contributed by atoms with Gasteiger partial charge in [-0.15, -0.1) is 0 Å². The summed E-state index contributed by atoms with van der Waals surface area (Å²) in [5.41, 5.74) is 0.315. The summed E-state index contributed by atoms with van der Waals surface area (Å²) in [5, 5.41) is 3.31. The van der Waals surface area contributed by atoms with Gasteiger partial charge in [-0.25, -0.2) is 4.98 Å². The number of halogens is 1. The summed E-state index contributed by atoms with van der Waals surface area (Å²) in [6.45, 7) is 1.27. The first-order chi connectivity index (χ1) is 9.17. The monoisotopic (exact) mass is 281 g/mol. The van der Waals surface area contributed by atoms with Gasteiger partial charge in [0.25, 0.3) is 5.91 Å². The fourth-order valence-corrected chi connectivity index (χ4v) is 2.85. The van der Waals surface area contributed by atoms with Crippen LogP contribution >= 0.6 is 11.6 Å². The Morgan fingerprint density at radius 3 is 2.74 bits per heavy atom. The number of ether oxygens (including phenoxy) is 1. The molecule has 1 amide bonds. The van der Waals surface area contributed by atoms with Crippen LogP contribution in [0.5, 0.6) is 0 Å². The highest BCUT2D eigenvalue weighted by Gasteiger charge is 2.36. The molecule has 0 saturated carbocycles. The molecule has 19 heavy (non-hydrogen) atoms. The fourth-order valence-electron chi connectivity index (χ4n) is 2.66. The van der Waals surface area contributed by atoms with Crippen molar-refractivity contribution in [2.45, 2.75) is 25.0 Å². The van der Waals surface area contributed by atoms with Gasteiger partial charge in [0.1, 0.15) is 11.5 Å². The van der Waals surface area contributed by atoms with Crippen LogP contribution < -0.4 is 5.32 Å². The predicted octanol–water partition coefficient (Wildman–Crippen LogP) is 1.78. The van der Waals surface area contributed by atoms with Gasteiger partial charge in [-0.05, 0) is 25.0 Å². The third-order valence-corrected chi connectivity index (χ3v) is 3.94. The van der Waals surface area contributed by atoms with Crippen molar-refractivity contribution in [3.8, 4) is 0 Å². The number of aromatic nitrogens is 1. The number of rotatable bonds is 2. The standard InChI is InChI=1S/C13H16ClN3O2/c1-15-11-5-4-10(14)12(16-11)13(18)17-6-8-2-3-9(7-17)19-8/h4-5,8-9H,2-3,6-7H2,1H3,(H,15,16). The maximum absolute atomic E-state index is 12.5. The lowest BCUT2D eigenvalue weighted by molar-refractivity contribution is -0.0305. The summed E-state index contributed by atoms with van der Waals surface area (Å²) in [6.07, 6.45) is 2.42. The Bertz CT molecular complexity index is 497. The van der Waals surface area contributed by atoms with Crippen LogP contribution in [0.4, 0.5) is 5.82 Å². The first kappa shape index (κ1) is 12.7. The molecule has 1 aromatic rings. The van der Waals surface area contributed by atoms with Crippen molar-refractivity contribution in [2.75, 3.05) is 25.5 Å². The van der Waals surface area contributed by atoms with Gasteiger partial charge in [0.2, 0.25) is 0 Å². The lowest BCUT2D eigenvalue weighted by Crippen LogP contribution is -2.46. The number of amides is 1. The molecule has 3 heterocycles. The number of carbonyl (C=O) groups is 1. The summed E-state index contributed by atoms with van der Waals surface area (Å²) >= 11 is 6.09. The molecule has 2 fully saturated rings. The topological polar surface area (TPSA) is 54.5 Å². The van der Waals surface area contributed by atoms with Gasteiger partial charge >= 0.3 is 0 Å². The predicted molar refractivity (Wildman–Crippen MR) is 72.6 cm³/mol. The van der Waals surface area contributed by atoms with Crippen LogP contribution in [0.1, 0.15) is 23.3 Å². The summed E-state index contributed by atoms with van der Waals surface area (Å²) in [6, 6.07) is 3.45. The van der Waals surface area contributed by atoms with Crippen LogP contribution in [-0.2, 0) is 4.74 Å². The molecule has 3 rings (SSSR count). The van der Waals surface area contributed by atoms with E-state index in [9.17, 15) is 4.79 Å². The maximum Gasteiger partial charge on any atom is 0.274 e. The van der Waals surface area contributed by atoms with Gasteiger partial charge in [0.05, 0.1) is 17.2 Å². The van der Waals surface area contributed by atoms with Crippen LogP contribution in [0.3, 0.4) is 0 Å². The molecule has 2 aliphatic heterocycles. The van der Waals surface area contributed by atoms with Gasteiger partial charge in [0, 0.05) is 20.1 Å². The molecule has 2 saturated heterocycles.